The van der Waals surface area contributed by atoms with Gasteiger partial charge in [-0.1, -0.05) is 71.8 Å². The van der Waals surface area contributed by atoms with Crippen LogP contribution in [0.15, 0.2) is 100 Å². The summed E-state index contributed by atoms with van der Waals surface area (Å²) in [5.41, 5.74) is 9.45. The molecule has 4 aromatic carbocycles. The Morgan fingerprint density at radius 3 is 2.50 bits per heavy atom. The van der Waals surface area contributed by atoms with Crippen LogP contribution in [-0.2, 0) is 6.61 Å². The molecule has 40 heavy (non-hydrogen) atoms. The van der Waals surface area contributed by atoms with Gasteiger partial charge in [-0.2, -0.15) is 0 Å². The molecule has 0 aromatic heterocycles. The van der Waals surface area contributed by atoms with Gasteiger partial charge in [0, 0.05) is 17.8 Å². The summed E-state index contributed by atoms with van der Waals surface area (Å²) >= 11 is 3.66. The van der Waals surface area contributed by atoms with E-state index in [0.717, 1.165) is 27.7 Å². The third-order valence-corrected chi connectivity index (χ3v) is 8.48. The van der Waals surface area contributed by atoms with Gasteiger partial charge in [-0.25, -0.2) is 0 Å². The summed E-state index contributed by atoms with van der Waals surface area (Å²) in [7, 11) is 1.66. The predicted octanol–water partition coefficient (Wildman–Crippen LogP) is 9.23. The molecule has 0 amide bonds. The maximum atomic E-state index is 6.10. The first-order valence-corrected chi connectivity index (χ1v) is 14.5. The van der Waals surface area contributed by atoms with Crippen LogP contribution in [0.5, 0.6) is 11.5 Å². The number of hydrogen-bond donors (Lipinski definition) is 1. The predicted molar refractivity (Wildman–Crippen MR) is 167 cm³/mol. The molecule has 0 saturated heterocycles. The highest BCUT2D eigenvalue weighted by molar-refractivity contribution is 9.10. The highest BCUT2D eigenvalue weighted by Crippen LogP contribution is 2.50. The number of anilines is 1. The Morgan fingerprint density at radius 2 is 1.73 bits per heavy atom. The van der Waals surface area contributed by atoms with Crippen molar-refractivity contribution in [2.24, 2.45) is 10.9 Å². The van der Waals surface area contributed by atoms with Crippen LogP contribution in [0.3, 0.4) is 0 Å². The molecule has 0 bridgehead atoms. The molecule has 1 heterocycles. The molecule has 4 aromatic rings. The summed E-state index contributed by atoms with van der Waals surface area (Å²) in [6.45, 7) is 4.71. The molecule has 0 fully saturated rings. The molecule has 1 aliphatic carbocycles. The lowest BCUT2D eigenvalue weighted by atomic mass is 9.76. The average molecular weight is 594 g/mol. The molecular formula is C35H33BrN2O2. The first-order chi connectivity index (χ1) is 19.5. The first-order valence-electron chi connectivity index (χ1n) is 13.7. The lowest BCUT2D eigenvalue weighted by Crippen LogP contribution is -2.29. The van der Waals surface area contributed by atoms with E-state index in [0.29, 0.717) is 29.9 Å². The molecule has 0 radical (unpaired) electrons. The number of rotatable bonds is 7. The monoisotopic (exact) mass is 592 g/mol. The molecule has 1 aliphatic heterocycles. The normalized spacial score (nSPS) is 19.2. The number of ether oxygens (including phenoxy) is 2. The van der Waals surface area contributed by atoms with Crippen molar-refractivity contribution in [3.8, 4) is 11.5 Å². The van der Waals surface area contributed by atoms with E-state index >= 15 is 0 Å². The smallest absolute Gasteiger partial charge is 0.175 e. The Balaban J connectivity index is 1.16. The zero-order chi connectivity index (χ0) is 27.6. The van der Waals surface area contributed by atoms with Crippen molar-refractivity contribution in [2.45, 2.75) is 38.8 Å². The summed E-state index contributed by atoms with van der Waals surface area (Å²) in [6, 6.07) is 27.9. The third kappa shape index (κ3) is 5.44. The molecule has 202 valence electrons. The molecular weight excluding hydrogens is 560 g/mol. The largest absolute Gasteiger partial charge is 0.493 e. The van der Waals surface area contributed by atoms with Gasteiger partial charge in [0.15, 0.2) is 11.5 Å². The van der Waals surface area contributed by atoms with Crippen molar-refractivity contribution >= 4 is 33.5 Å². The van der Waals surface area contributed by atoms with Crippen molar-refractivity contribution in [1.29, 1.82) is 0 Å². The fraction of sp³-hybridized carbons (Fsp3) is 0.229. The van der Waals surface area contributed by atoms with Crippen LogP contribution in [0.1, 0.15) is 51.8 Å². The van der Waals surface area contributed by atoms with E-state index in [-0.39, 0.29) is 6.04 Å². The molecule has 5 heteroatoms. The number of allylic oxidation sites excluding steroid dienone is 2. The van der Waals surface area contributed by atoms with Gasteiger partial charge in [0.05, 0.1) is 23.3 Å². The van der Waals surface area contributed by atoms with E-state index in [1.54, 1.807) is 7.11 Å². The average Bonchev–Trinajstić information content (AvgIpc) is 3.47. The lowest BCUT2D eigenvalue weighted by Gasteiger charge is -2.37. The van der Waals surface area contributed by atoms with Crippen molar-refractivity contribution in [2.75, 3.05) is 12.4 Å². The second-order valence-electron chi connectivity index (χ2n) is 10.7. The van der Waals surface area contributed by atoms with Gasteiger partial charge in [-0.05, 0) is 94.7 Å². The lowest BCUT2D eigenvalue weighted by molar-refractivity contribution is 0.282. The van der Waals surface area contributed by atoms with Crippen molar-refractivity contribution in [3.05, 3.63) is 129 Å². The third-order valence-electron chi connectivity index (χ3n) is 7.89. The number of fused-ring (bicyclic) bond motifs is 3. The minimum Gasteiger partial charge on any atom is -0.493 e. The fourth-order valence-electron chi connectivity index (χ4n) is 5.75. The number of methoxy groups -OCH3 is 1. The number of benzene rings is 4. The minimum atomic E-state index is 0.279. The Kier molecular flexibility index (Phi) is 7.48. The number of nitrogens with one attached hydrogen (secondary N) is 1. The maximum Gasteiger partial charge on any atom is 0.175 e. The molecule has 2 aliphatic rings. The zero-order valence-electron chi connectivity index (χ0n) is 23.0. The highest BCUT2D eigenvalue weighted by atomic mass is 79.9. The topological polar surface area (TPSA) is 42.8 Å². The van der Waals surface area contributed by atoms with Crippen LogP contribution in [-0.4, -0.2) is 13.3 Å². The van der Waals surface area contributed by atoms with E-state index < -0.39 is 0 Å². The van der Waals surface area contributed by atoms with Gasteiger partial charge >= 0.3 is 0 Å². The zero-order valence-corrected chi connectivity index (χ0v) is 24.6. The Labute approximate surface area is 244 Å². The summed E-state index contributed by atoms with van der Waals surface area (Å²) in [4.78, 5) is 4.75. The second-order valence-corrected chi connectivity index (χ2v) is 11.6. The van der Waals surface area contributed by atoms with Crippen LogP contribution < -0.4 is 14.8 Å². The quantitative estimate of drug-likeness (QED) is 0.172. The van der Waals surface area contributed by atoms with Crippen molar-refractivity contribution in [1.82, 2.24) is 0 Å². The van der Waals surface area contributed by atoms with Gasteiger partial charge in [0.25, 0.3) is 0 Å². The van der Waals surface area contributed by atoms with Crippen LogP contribution >= 0.6 is 15.9 Å². The first kappa shape index (κ1) is 26.4. The standard InChI is InChI=1S/C35H33BrN2O2/c1-22-7-10-24(11-8-22)21-40-35-31(36)18-25(19-33(35)39-3)20-37-27-14-12-26(13-15-27)34-29-6-4-5-28(29)30-17-23(2)9-16-32(30)38-34/h4-5,7-20,28-29,34,38H,6,21H2,1-3H3/t28-,29+,34+/m1/s1. The minimum absolute atomic E-state index is 0.279. The van der Waals surface area contributed by atoms with E-state index in [1.165, 1.54) is 27.9 Å². The van der Waals surface area contributed by atoms with Gasteiger partial charge < -0.3 is 14.8 Å². The van der Waals surface area contributed by atoms with Crippen LogP contribution in [0.2, 0.25) is 0 Å². The van der Waals surface area contributed by atoms with Gasteiger partial charge in [0.2, 0.25) is 0 Å². The van der Waals surface area contributed by atoms with Crippen LogP contribution in [0, 0.1) is 19.8 Å². The molecule has 0 unspecified atom stereocenters. The summed E-state index contributed by atoms with van der Waals surface area (Å²) in [6.07, 6.45) is 7.68. The number of aliphatic imine (C=N–C) groups is 1. The summed E-state index contributed by atoms with van der Waals surface area (Å²) in [5.74, 6) is 2.34. The van der Waals surface area contributed by atoms with E-state index in [9.17, 15) is 0 Å². The maximum absolute atomic E-state index is 6.10. The van der Waals surface area contributed by atoms with E-state index in [1.807, 2.05) is 18.3 Å². The SMILES string of the molecule is COc1cc(C=Nc2ccc([C@@H]3Nc4ccc(C)cc4[C@@H]4C=CC[C@@H]43)cc2)cc(Br)c1OCc1ccc(C)cc1. The van der Waals surface area contributed by atoms with Crippen LogP contribution in [0.4, 0.5) is 11.4 Å². The van der Waals surface area contributed by atoms with Crippen molar-refractivity contribution < 1.29 is 9.47 Å². The Morgan fingerprint density at radius 1 is 0.950 bits per heavy atom. The Bertz CT molecular complexity index is 1570. The number of halogens is 1. The number of aryl methyl sites for hydroxylation is 2. The molecule has 0 spiro atoms. The molecule has 0 saturated carbocycles. The van der Waals surface area contributed by atoms with Crippen LogP contribution in [0.25, 0.3) is 0 Å². The summed E-state index contributed by atoms with van der Waals surface area (Å²) in [5, 5.41) is 3.83. The molecule has 6 rings (SSSR count). The number of hydrogen-bond acceptors (Lipinski definition) is 4. The molecule has 4 nitrogen and oxygen atoms in total. The molecule has 1 N–H and O–H groups in total. The summed E-state index contributed by atoms with van der Waals surface area (Å²) < 4.78 is 12.6. The van der Waals surface area contributed by atoms with Gasteiger partial charge in [-0.3, -0.25) is 4.99 Å². The van der Waals surface area contributed by atoms with E-state index in [4.69, 9.17) is 14.5 Å². The van der Waals surface area contributed by atoms with Gasteiger partial charge in [0.1, 0.15) is 6.61 Å². The second kappa shape index (κ2) is 11.3. The van der Waals surface area contributed by atoms with Crippen molar-refractivity contribution in [3.63, 3.8) is 0 Å². The number of nitrogens with zero attached hydrogens (tertiary/aromatic N) is 1. The molecule has 3 atom stereocenters. The fourth-order valence-corrected chi connectivity index (χ4v) is 6.33. The Hall–Kier alpha value is -3.83. The van der Waals surface area contributed by atoms with E-state index in [2.05, 4.69) is 114 Å². The highest BCUT2D eigenvalue weighted by Gasteiger charge is 2.37. The van der Waals surface area contributed by atoms with Gasteiger partial charge in [-0.15, -0.1) is 0 Å².